The average Bonchev–Trinajstić information content (AvgIpc) is 2.54. The summed E-state index contributed by atoms with van der Waals surface area (Å²) in [5.74, 6) is 2.94. The number of fused-ring (bicyclic) bond motifs is 2. The third-order valence-corrected chi connectivity index (χ3v) is 47.0. The quantitative estimate of drug-likeness (QED) is 0.190. The van der Waals surface area contributed by atoms with E-state index in [1.54, 1.807) is 0 Å². The number of rotatable bonds is 8. The molecule has 2 rings (SSSR count). The van der Waals surface area contributed by atoms with Gasteiger partial charge in [-0.05, 0) is 0 Å². The van der Waals surface area contributed by atoms with E-state index in [2.05, 4.69) is 55.4 Å². The molecule has 2 fully saturated rings. The molecule has 0 aromatic heterocycles. The molecule has 0 unspecified atom stereocenters. The van der Waals surface area contributed by atoms with Crippen LogP contribution in [0.1, 0.15) is 64.7 Å². The van der Waals surface area contributed by atoms with Crippen LogP contribution in [0.4, 0.5) is 0 Å². The fourth-order valence-electron chi connectivity index (χ4n) is 6.56. The summed E-state index contributed by atoms with van der Waals surface area (Å²) in [6.45, 7) is 8.56. The van der Waals surface area contributed by atoms with Crippen molar-refractivity contribution < 1.29 is 0 Å². The van der Waals surface area contributed by atoms with Crippen LogP contribution in [-0.4, -0.2) is 52.3 Å². The van der Waals surface area contributed by atoms with E-state index in [9.17, 15) is 0 Å². The summed E-state index contributed by atoms with van der Waals surface area (Å²) < 4.78 is 1.97. The Hall–Kier alpha value is 1.40. The summed E-state index contributed by atoms with van der Waals surface area (Å²) in [5, 5.41) is 1.87. The van der Waals surface area contributed by atoms with E-state index in [0.29, 0.717) is 0 Å². The van der Waals surface area contributed by atoms with Crippen molar-refractivity contribution in [3.8, 4) is 0 Å². The van der Waals surface area contributed by atoms with Gasteiger partial charge in [0.1, 0.15) is 0 Å². The van der Waals surface area contributed by atoms with Crippen molar-refractivity contribution in [2.45, 2.75) is 125 Å². The average molecular weight is 613 g/mol. The number of allylic oxidation sites excluding steroid dienone is 1. The van der Waals surface area contributed by atoms with Crippen molar-refractivity contribution in [2.75, 3.05) is 0 Å². The van der Waals surface area contributed by atoms with Crippen LogP contribution in [-0.2, 0) is 0 Å². The number of hydrogen-bond acceptors (Lipinski definition) is 0. The Kier molecular flexibility index (Phi) is 9.91. The second-order valence-electron chi connectivity index (χ2n) is 12.1. The van der Waals surface area contributed by atoms with E-state index in [-0.39, 0.29) is 0 Å². The Morgan fingerprint density at radius 3 is 1.75 bits per heavy atom. The molecule has 2 heterocycles. The van der Waals surface area contributed by atoms with Gasteiger partial charge < -0.3 is 0 Å². The van der Waals surface area contributed by atoms with Gasteiger partial charge in [0.2, 0.25) is 0 Å². The van der Waals surface area contributed by atoms with Gasteiger partial charge in [-0.3, -0.25) is 0 Å². The Bertz CT molecular complexity index is 540. The van der Waals surface area contributed by atoms with Gasteiger partial charge >= 0.3 is 190 Å². The van der Waals surface area contributed by atoms with Gasteiger partial charge in [0.25, 0.3) is 0 Å². The van der Waals surface area contributed by atoms with Crippen LogP contribution in [0.2, 0.25) is 60.2 Å². The van der Waals surface area contributed by atoms with E-state index in [0.717, 1.165) is 24.2 Å². The first-order chi connectivity index (χ1) is 13.0. The molecule has 28 heavy (non-hydrogen) atoms. The second-order valence-corrected chi connectivity index (χ2v) is 47.3. The Balaban J connectivity index is 2.60. The molecule has 0 amide bonds. The summed E-state index contributed by atoms with van der Waals surface area (Å²) in [4.78, 5) is 15.9. The predicted octanol–water partition coefficient (Wildman–Crippen LogP) is 8.65. The van der Waals surface area contributed by atoms with E-state index >= 15 is 0 Å². The SMILES string of the molecule is CCCC[C@@H](B1C2CCCC1CCC2)C(=C=[C]([Sn]([CH3])([CH3])[CH3])[Sn]([CH3])([CH3])[CH3])[Si](C)C. The molecule has 2 bridgehead atoms. The molecule has 1 radical (unpaired) electrons. The molecule has 0 N–H and O–H groups in total. The summed E-state index contributed by atoms with van der Waals surface area (Å²) in [7, 11) is -0.442. The Morgan fingerprint density at radius 2 is 1.39 bits per heavy atom. The van der Waals surface area contributed by atoms with Crippen LogP contribution in [0.3, 0.4) is 0 Å². The molecule has 1 atom stereocenters. The van der Waals surface area contributed by atoms with Crippen molar-refractivity contribution >= 4 is 52.3 Å². The van der Waals surface area contributed by atoms with E-state index in [4.69, 9.17) is 0 Å². The molecule has 0 aromatic carbocycles. The Morgan fingerprint density at radius 1 is 0.929 bits per heavy atom. The van der Waals surface area contributed by atoms with Crippen molar-refractivity contribution in [1.29, 1.82) is 0 Å². The third kappa shape index (κ3) is 6.70. The molecule has 0 aromatic rings. The normalized spacial score (nSPS) is 24.1. The fourth-order valence-corrected chi connectivity index (χ4v) is 61.1. The first kappa shape index (κ1) is 25.7. The van der Waals surface area contributed by atoms with Gasteiger partial charge in [-0.25, -0.2) is 0 Å². The zero-order valence-electron chi connectivity index (χ0n) is 20.7. The van der Waals surface area contributed by atoms with Crippen LogP contribution in [0, 0.1) is 0 Å². The van der Waals surface area contributed by atoms with Gasteiger partial charge in [0, 0.05) is 0 Å². The van der Waals surface area contributed by atoms with Crippen LogP contribution in [0.5, 0.6) is 0 Å². The topological polar surface area (TPSA) is 0 Å². The second kappa shape index (κ2) is 10.8. The summed E-state index contributed by atoms with van der Waals surface area (Å²) in [6.07, 6.45) is 13.4. The van der Waals surface area contributed by atoms with Crippen molar-refractivity contribution in [2.24, 2.45) is 0 Å². The first-order valence-corrected chi connectivity index (χ1v) is 34.8. The third-order valence-electron chi connectivity index (χ3n) is 7.39. The molecule has 2 saturated heterocycles. The summed E-state index contributed by atoms with van der Waals surface area (Å²) >= 11 is -4.20. The van der Waals surface area contributed by atoms with Gasteiger partial charge in [-0.15, -0.1) is 0 Å². The fraction of sp³-hybridized carbons (Fsp3) is 0.875. The molecule has 0 saturated carbocycles. The minimum atomic E-state index is -2.10. The molecule has 2 aliphatic rings. The number of unbranched alkanes of at least 4 members (excludes halogenated alkanes) is 1. The van der Waals surface area contributed by atoms with Crippen LogP contribution in [0.15, 0.2) is 12.5 Å². The summed E-state index contributed by atoms with van der Waals surface area (Å²) in [5.41, 5.74) is 4.39. The first-order valence-electron chi connectivity index (χ1n) is 12.3. The molecular formula is C24H48BSiSn2. The zero-order valence-corrected chi connectivity index (χ0v) is 27.4. The van der Waals surface area contributed by atoms with Gasteiger partial charge in [0.05, 0.1) is 0 Å². The van der Waals surface area contributed by atoms with Gasteiger partial charge in [0.15, 0.2) is 0 Å². The van der Waals surface area contributed by atoms with E-state index in [1.165, 1.54) is 57.8 Å². The van der Waals surface area contributed by atoms with Crippen LogP contribution < -0.4 is 0 Å². The van der Waals surface area contributed by atoms with Crippen LogP contribution in [0.25, 0.3) is 0 Å². The molecule has 0 spiro atoms. The molecule has 4 heteroatoms. The predicted molar refractivity (Wildman–Crippen MR) is 139 cm³/mol. The zero-order chi connectivity index (χ0) is 21.1. The molecule has 0 aliphatic carbocycles. The van der Waals surface area contributed by atoms with Gasteiger partial charge in [-0.1, -0.05) is 0 Å². The molecule has 159 valence electrons. The Labute approximate surface area is 188 Å². The molecular weight excluding hydrogens is 565 g/mol. The van der Waals surface area contributed by atoms with Crippen molar-refractivity contribution in [3.63, 3.8) is 0 Å². The molecule has 0 nitrogen and oxygen atoms in total. The minimum absolute atomic E-state index is 0.442. The van der Waals surface area contributed by atoms with Crippen molar-refractivity contribution in [3.05, 3.63) is 12.5 Å². The number of hydrogen-bond donors (Lipinski definition) is 0. The molecule has 2 aliphatic heterocycles. The van der Waals surface area contributed by atoms with E-state index in [1.807, 2.05) is 6.80 Å². The van der Waals surface area contributed by atoms with Gasteiger partial charge in [-0.2, -0.15) is 0 Å². The standard InChI is InChI=1S/C18H30BSi.6CH3.2Sn/c1-5-7-14-17(18(6-2)20(3)4)19-15-10-8-11-16(19)13-9-12-15;;;;;;;;/h15-17H,5,7-14H2,1,3-4H3;6*1H3;;/t15?,16?,17-;;;;;;;;/m1......../s1. The van der Waals surface area contributed by atoms with E-state index < -0.39 is 45.6 Å². The maximum atomic E-state index is 4.39. The van der Waals surface area contributed by atoms with Crippen molar-refractivity contribution in [1.82, 2.24) is 0 Å². The van der Waals surface area contributed by atoms with Crippen LogP contribution >= 0.6 is 0 Å². The monoisotopic (exact) mass is 615 g/mol. The maximum absolute atomic E-state index is 4.39. The summed E-state index contributed by atoms with van der Waals surface area (Å²) in [6, 6.07) is 0.